The molecule has 1 aliphatic rings. The summed E-state index contributed by atoms with van der Waals surface area (Å²) in [6.07, 6.45) is 0.520. The Morgan fingerprint density at radius 1 is 1.12 bits per heavy atom. The molecule has 0 fully saturated rings. The highest BCUT2D eigenvalue weighted by atomic mass is 32.1. The second-order valence-electron chi connectivity index (χ2n) is 7.86. The van der Waals surface area contributed by atoms with Crippen molar-refractivity contribution < 1.29 is 14.7 Å². The van der Waals surface area contributed by atoms with Crippen LogP contribution in [0.3, 0.4) is 0 Å². The van der Waals surface area contributed by atoms with Crippen molar-refractivity contribution >= 4 is 34.7 Å². The molecule has 0 atom stereocenters. The number of benzene rings is 2. The van der Waals surface area contributed by atoms with Crippen LogP contribution in [0.5, 0.6) is 0 Å². The first-order chi connectivity index (χ1) is 15.3. The molecule has 1 aliphatic heterocycles. The van der Waals surface area contributed by atoms with Gasteiger partial charge in [-0.1, -0.05) is 18.2 Å². The predicted molar refractivity (Wildman–Crippen MR) is 130 cm³/mol. The van der Waals surface area contributed by atoms with E-state index >= 15 is 0 Å². The number of carboxylic acids is 1. The van der Waals surface area contributed by atoms with Crippen LogP contribution in [0.25, 0.3) is 22.3 Å². The van der Waals surface area contributed by atoms with Crippen molar-refractivity contribution in [2.75, 3.05) is 18.0 Å². The number of nitrogens with zero attached hydrogens (tertiary/aromatic N) is 2. The number of aryl methyl sites for hydroxylation is 2. The fourth-order valence-corrected chi connectivity index (χ4v) is 5.18. The lowest BCUT2D eigenvalue weighted by molar-refractivity contribution is -0.136. The third kappa shape index (κ3) is 4.29. The van der Waals surface area contributed by atoms with Gasteiger partial charge in [-0.05, 0) is 66.6 Å². The van der Waals surface area contributed by atoms with Gasteiger partial charge >= 0.3 is 5.97 Å². The zero-order valence-electron chi connectivity index (χ0n) is 18.1. The SMILES string of the molecule is CC1=NCCN1c1ccc(-c2csc(CCC(=O)O)c2-c2ccc(C(N)=O)cc2C)cc1. The van der Waals surface area contributed by atoms with Gasteiger partial charge in [-0.15, -0.1) is 11.3 Å². The van der Waals surface area contributed by atoms with E-state index in [-0.39, 0.29) is 6.42 Å². The molecule has 0 radical (unpaired) electrons. The highest BCUT2D eigenvalue weighted by molar-refractivity contribution is 7.11. The van der Waals surface area contributed by atoms with Crippen molar-refractivity contribution in [3.05, 3.63) is 63.8 Å². The minimum Gasteiger partial charge on any atom is -0.481 e. The van der Waals surface area contributed by atoms with Crippen LogP contribution in [-0.2, 0) is 11.2 Å². The third-order valence-corrected chi connectivity index (χ3v) is 6.80. The van der Waals surface area contributed by atoms with Crippen LogP contribution in [0.1, 0.15) is 34.1 Å². The number of nitrogens with two attached hydrogens (primary N) is 1. The number of anilines is 1. The molecule has 3 aromatic rings. The second-order valence-corrected chi connectivity index (χ2v) is 8.83. The summed E-state index contributed by atoms with van der Waals surface area (Å²) in [6, 6.07) is 13.8. The molecule has 7 heteroatoms. The molecular formula is C25H25N3O3S. The van der Waals surface area contributed by atoms with E-state index in [1.807, 2.05) is 19.9 Å². The molecule has 32 heavy (non-hydrogen) atoms. The number of carbonyl (C=O) groups is 2. The van der Waals surface area contributed by atoms with Gasteiger partial charge in [-0.25, -0.2) is 0 Å². The number of hydrogen-bond donors (Lipinski definition) is 2. The van der Waals surface area contributed by atoms with E-state index < -0.39 is 11.9 Å². The van der Waals surface area contributed by atoms with E-state index in [2.05, 4.69) is 39.5 Å². The summed E-state index contributed by atoms with van der Waals surface area (Å²) in [5.41, 5.74) is 12.1. The standard InChI is InChI=1S/C25H25N3O3S/c1-15-13-18(25(26)31)5-8-20(15)24-21(14-32-22(24)9-10-23(29)30)17-3-6-19(7-4-17)28-12-11-27-16(28)2/h3-8,13-14H,9-12H2,1-2H3,(H2,26,31)(H,29,30). The molecule has 2 heterocycles. The van der Waals surface area contributed by atoms with E-state index in [1.54, 1.807) is 23.5 Å². The Morgan fingerprint density at radius 2 is 1.88 bits per heavy atom. The normalized spacial score (nSPS) is 13.3. The lowest BCUT2D eigenvalue weighted by atomic mass is 9.91. The van der Waals surface area contributed by atoms with Gasteiger partial charge in [0.05, 0.1) is 13.0 Å². The maximum atomic E-state index is 11.6. The first-order valence-electron chi connectivity index (χ1n) is 10.5. The molecule has 1 aromatic heterocycles. The Kier molecular flexibility index (Phi) is 6.10. The minimum atomic E-state index is -0.821. The molecule has 4 rings (SSSR count). The maximum Gasteiger partial charge on any atom is 0.303 e. The van der Waals surface area contributed by atoms with Crippen molar-refractivity contribution in [3.63, 3.8) is 0 Å². The summed E-state index contributed by atoms with van der Waals surface area (Å²) in [5, 5.41) is 11.3. The third-order valence-electron chi connectivity index (χ3n) is 5.76. The van der Waals surface area contributed by atoms with E-state index in [1.165, 1.54) is 0 Å². The van der Waals surface area contributed by atoms with Crippen LogP contribution >= 0.6 is 11.3 Å². The lowest BCUT2D eigenvalue weighted by Crippen LogP contribution is -2.24. The van der Waals surface area contributed by atoms with Crippen LogP contribution in [0.2, 0.25) is 0 Å². The summed E-state index contributed by atoms with van der Waals surface area (Å²) in [4.78, 5) is 30.5. The van der Waals surface area contributed by atoms with E-state index in [0.717, 1.165) is 57.3 Å². The largest absolute Gasteiger partial charge is 0.481 e. The van der Waals surface area contributed by atoms with Gasteiger partial charge in [0, 0.05) is 33.8 Å². The van der Waals surface area contributed by atoms with Gasteiger partial charge < -0.3 is 15.7 Å². The number of carboxylic acid groups (broad SMARTS) is 1. The second kappa shape index (κ2) is 8.96. The molecule has 164 valence electrons. The average molecular weight is 448 g/mol. The topological polar surface area (TPSA) is 96.0 Å². The molecule has 6 nitrogen and oxygen atoms in total. The number of hydrogen-bond acceptors (Lipinski definition) is 5. The highest BCUT2D eigenvalue weighted by Crippen LogP contribution is 2.42. The molecule has 0 aliphatic carbocycles. The fourth-order valence-electron chi connectivity index (χ4n) is 4.10. The summed E-state index contributed by atoms with van der Waals surface area (Å²) < 4.78 is 0. The summed E-state index contributed by atoms with van der Waals surface area (Å²) >= 11 is 1.57. The number of amides is 1. The van der Waals surface area contributed by atoms with Crippen LogP contribution in [0, 0.1) is 6.92 Å². The zero-order chi connectivity index (χ0) is 22.8. The van der Waals surface area contributed by atoms with Gasteiger partial charge in [0.1, 0.15) is 5.84 Å². The Balaban J connectivity index is 1.77. The number of carbonyl (C=O) groups excluding carboxylic acids is 1. The van der Waals surface area contributed by atoms with Crippen molar-refractivity contribution in [1.82, 2.24) is 0 Å². The quantitative estimate of drug-likeness (QED) is 0.546. The molecular weight excluding hydrogens is 422 g/mol. The Labute approximate surface area is 191 Å². The van der Waals surface area contributed by atoms with Gasteiger partial charge in [-0.3, -0.25) is 14.6 Å². The van der Waals surface area contributed by atoms with Crippen molar-refractivity contribution in [1.29, 1.82) is 0 Å². The molecule has 0 unspecified atom stereocenters. The predicted octanol–water partition coefficient (Wildman–Crippen LogP) is 4.75. The van der Waals surface area contributed by atoms with Crippen molar-refractivity contribution in [2.45, 2.75) is 26.7 Å². The summed E-state index contributed by atoms with van der Waals surface area (Å²) in [6.45, 7) is 5.67. The highest BCUT2D eigenvalue weighted by Gasteiger charge is 2.19. The van der Waals surface area contributed by atoms with Crippen molar-refractivity contribution in [2.24, 2.45) is 10.7 Å². The fraction of sp³-hybridized carbons (Fsp3) is 0.240. The van der Waals surface area contributed by atoms with Crippen LogP contribution in [-0.4, -0.2) is 35.9 Å². The smallest absolute Gasteiger partial charge is 0.303 e. The molecule has 3 N–H and O–H groups in total. The molecule has 0 saturated heterocycles. The zero-order valence-corrected chi connectivity index (χ0v) is 18.9. The number of aliphatic imine (C=N–C) groups is 1. The number of rotatable bonds is 7. The van der Waals surface area contributed by atoms with Gasteiger partial charge in [0.2, 0.25) is 5.91 Å². The Morgan fingerprint density at radius 3 is 2.47 bits per heavy atom. The lowest BCUT2D eigenvalue weighted by Gasteiger charge is -2.18. The number of amidine groups is 1. The van der Waals surface area contributed by atoms with E-state index in [0.29, 0.717) is 12.0 Å². The molecule has 0 spiro atoms. The number of aliphatic carboxylic acids is 1. The van der Waals surface area contributed by atoms with Gasteiger partial charge in [0.15, 0.2) is 0 Å². The number of thiophene rings is 1. The molecule has 2 aromatic carbocycles. The number of primary amides is 1. The van der Waals surface area contributed by atoms with E-state index in [4.69, 9.17) is 5.73 Å². The molecule has 0 saturated carbocycles. The van der Waals surface area contributed by atoms with Crippen LogP contribution < -0.4 is 10.6 Å². The monoisotopic (exact) mass is 447 g/mol. The summed E-state index contributed by atoms with van der Waals surface area (Å²) in [5.74, 6) is -0.263. The van der Waals surface area contributed by atoms with Crippen LogP contribution in [0.15, 0.2) is 52.8 Å². The van der Waals surface area contributed by atoms with E-state index in [9.17, 15) is 14.7 Å². The Hall–Kier alpha value is -3.45. The Bertz CT molecular complexity index is 1210. The maximum absolute atomic E-state index is 11.6. The average Bonchev–Trinajstić information content (AvgIpc) is 3.38. The van der Waals surface area contributed by atoms with Gasteiger partial charge in [-0.2, -0.15) is 0 Å². The van der Waals surface area contributed by atoms with Gasteiger partial charge in [0.25, 0.3) is 0 Å². The van der Waals surface area contributed by atoms with Crippen molar-refractivity contribution in [3.8, 4) is 22.3 Å². The molecule has 1 amide bonds. The van der Waals surface area contributed by atoms with Crippen LogP contribution in [0.4, 0.5) is 5.69 Å². The summed E-state index contributed by atoms with van der Waals surface area (Å²) in [7, 11) is 0. The molecule has 0 bridgehead atoms. The first kappa shape index (κ1) is 21.8. The minimum absolute atomic E-state index is 0.0673. The first-order valence-corrected chi connectivity index (χ1v) is 11.3.